The summed E-state index contributed by atoms with van der Waals surface area (Å²) in [5.41, 5.74) is 0. The summed E-state index contributed by atoms with van der Waals surface area (Å²) in [6.45, 7) is 0.933. The Bertz CT molecular complexity index is 302. The van der Waals surface area contributed by atoms with Crippen LogP contribution in [-0.4, -0.2) is 23.4 Å². The Kier molecular flexibility index (Phi) is 3.84. The molecule has 0 saturated carbocycles. The molecule has 2 heterocycles. The van der Waals surface area contributed by atoms with Crippen LogP contribution in [0, 0.1) is 0 Å². The van der Waals surface area contributed by atoms with E-state index in [0.29, 0.717) is 6.10 Å². The maximum absolute atomic E-state index is 5.56. The van der Waals surface area contributed by atoms with Crippen LogP contribution in [0.2, 0.25) is 0 Å². The zero-order valence-electron chi connectivity index (χ0n) is 7.78. The summed E-state index contributed by atoms with van der Waals surface area (Å²) in [7, 11) is 0. The number of pyridine rings is 1. The Morgan fingerprint density at radius 1 is 1.64 bits per heavy atom. The first-order valence-electron chi connectivity index (χ1n) is 4.70. The van der Waals surface area contributed by atoms with Gasteiger partial charge >= 0.3 is 0 Å². The quantitative estimate of drug-likeness (QED) is 0.791. The first-order valence-corrected chi connectivity index (χ1v) is 6.48. The summed E-state index contributed by atoms with van der Waals surface area (Å²) in [6, 6.07) is 2.03. The Hall–Kier alpha value is -0.0600. The number of thioether (sulfide) groups is 1. The van der Waals surface area contributed by atoms with E-state index in [2.05, 4.69) is 20.9 Å². The van der Waals surface area contributed by atoms with Crippen molar-refractivity contribution in [3.63, 3.8) is 0 Å². The fraction of sp³-hybridized carbons (Fsp3) is 0.500. The SMILES string of the molecule is Brc1cnccc1SCC1CCCO1. The van der Waals surface area contributed by atoms with Crippen LogP contribution in [0.25, 0.3) is 0 Å². The second-order valence-electron chi connectivity index (χ2n) is 3.25. The van der Waals surface area contributed by atoms with Gasteiger partial charge in [0.1, 0.15) is 0 Å². The molecular formula is C10H12BrNOS. The smallest absolute Gasteiger partial charge is 0.0669 e. The molecule has 76 valence electrons. The molecule has 1 aromatic rings. The second kappa shape index (κ2) is 5.14. The normalized spacial score (nSPS) is 21.4. The zero-order chi connectivity index (χ0) is 9.80. The predicted molar refractivity (Wildman–Crippen MR) is 61.6 cm³/mol. The van der Waals surface area contributed by atoms with Crippen molar-refractivity contribution >= 4 is 27.7 Å². The minimum Gasteiger partial charge on any atom is -0.377 e. The molecule has 1 saturated heterocycles. The van der Waals surface area contributed by atoms with E-state index in [0.717, 1.165) is 16.8 Å². The van der Waals surface area contributed by atoms with E-state index in [-0.39, 0.29) is 0 Å². The Labute approximate surface area is 96.6 Å². The van der Waals surface area contributed by atoms with Crippen molar-refractivity contribution in [2.45, 2.75) is 23.8 Å². The van der Waals surface area contributed by atoms with Gasteiger partial charge in [-0.3, -0.25) is 4.98 Å². The van der Waals surface area contributed by atoms with Gasteiger partial charge in [-0.15, -0.1) is 11.8 Å². The molecule has 1 fully saturated rings. The van der Waals surface area contributed by atoms with Crippen molar-refractivity contribution < 1.29 is 4.74 Å². The molecule has 0 aliphatic carbocycles. The van der Waals surface area contributed by atoms with E-state index in [9.17, 15) is 0 Å². The van der Waals surface area contributed by atoms with Crippen molar-refractivity contribution in [2.24, 2.45) is 0 Å². The topological polar surface area (TPSA) is 22.1 Å². The standard InChI is InChI=1S/C10H12BrNOS/c11-9-6-12-4-3-10(9)14-7-8-2-1-5-13-8/h3-4,6,8H,1-2,5,7H2. The lowest BCUT2D eigenvalue weighted by atomic mass is 10.3. The summed E-state index contributed by atoms with van der Waals surface area (Å²) >= 11 is 5.31. The highest BCUT2D eigenvalue weighted by Gasteiger charge is 2.15. The number of rotatable bonds is 3. The van der Waals surface area contributed by atoms with Crippen LogP contribution in [0.3, 0.4) is 0 Å². The highest BCUT2D eigenvalue weighted by Crippen LogP contribution is 2.28. The molecule has 14 heavy (non-hydrogen) atoms. The van der Waals surface area contributed by atoms with E-state index in [1.165, 1.54) is 17.7 Å². The van der Waals surface area contributed by atoms with Crippen molar-refractivity contribution in [3.05, 3.63) is 22.9 Å². The third-order valence-corrected chi connectivity index (χ3v) is 4.28. The second-order valence-corrected chi connectivity index (χ2v) is 5.17. The van der Waals surface area contributed by atoms with Crippen molar-refractivity contribution in [1.82, 2.24) is 4.98 Å². The van der Waals surface area contributed by atoms with Crippen molar-refractivity contribution in [2.75, 3.05) is 12.4 Å². The molecule has 2 rings (SSSR count). The molecule has 1 aliphatic heterocycles. The van der Waals surface area contributed by atoms with Gasteiger partial charge in [0, 0.05) is 34.1 Å². The molecule has 0 spiro atoms. The van der Waals surface area contributed by atoms with Gasteiger partial charge in [-0.05, 0) is 34.8 Å². The maximum atomic E-state index is 5.56. The molecule has 1 aliphatic rings. The zero-order valence-corrected chi connectivity index (χ0v) is 10.2. The van der Waals surface area contributed by atoms with Crippen molar-refractivity contribution in [1.29, 1.82) is 0 Å². The lowest BCUT2D eigenvalue weighted by Crippen LogP contribution is -2.07. The Morgan fingerprint density at radius 3 is 3.29 bits per heavy atom. The Morgan fingerprint density at radius 2 is 2.57 bits per heavy atom. The third-order valence-electron chi connectivity index (χ3n) is 2.18. The van der Waals surface area contributed by atoms with Crippen LogP contribution in [-0.2, 0) is 4.74 Å². The van der Waals surface area contributed by atoms with E-state index in [1.807, 2.05) is 30.2 Å². The summed E-state index contributed by atoms with van der Waals surface area (Å²) in [6.07, 6.45) is 6.51. The first kappa shape index (κ1) is 10.5. The van der Waals surface area contributed by atoms with Crippen LogP contribution in [0.15, 0.2) is 27.8 Å². The maximum Gasteiger partial charge on any atom is 0.0669 e. The van der Waals surface area contributed by atoms with Gasteiger partial charge in [-0.2, -0.15) is 0 Å². The van der Waals surface area contributed by atoms with Crippen LogP contribution >= 0.6 is 27.7 Å². The molecule has 0 N–H and O–H groups in total. The number of nitrogens with zero attached hydrogens (tertiary/aromatic N) is 1. The molecular weight excluding hydrogens is 262 g/mol. The van der Waals surface area contributed by atoms with Gasteiger partial charge < -0.3 is 4.74 Å². The monoisotopic (exact) mass is 273 g/mol. The Balaban J connectivity index is 1.88. The summed E-state index contributed by atoms with van der Waals surface area (Å²) in [5, 5.41) is 0. The van der Waals surface area contributed by atoms with Gasteiger partial charge in [0.15, 0.2) is 0 Å². The van der Waals surface area contributed by atoms with Crippen LogP contribution < -0.4 is 0 Å². The minimum atomic E-state index is 0.445. The van der Waals surface area contributed by atoms with Gasteiger partial charge in [0.2, 0.25) is 0 Å². The molecule has 0 radical (unpaired) electrons. The molecule has 0 bridgehead atoms. The van der Waals surface area contributed by atoms with E-state index < -0.39 is 0 Å². The highest BCUT2D eigenvalue weighted by atomic mass is 79.9. The van der Waals surface area contributed by atoms with Crippen LogP contribution in [0.1, 0.15) is 12.8 Å². The van der Waals surface area contributed by atoms with Gasteiger partial charge in [-0.1, -0.05) is 0 Å². The molecule has 1 aromatic heterocycles. The molecule has 1 unspecified atom stereocenters. The largest absolute Gasteiger partial charge is 0.377 e. The van der Waals surface area contributed by atoms with Crippen LogP contribution in [0.5, 0.6) is 0 Å². The summed E-state index contributed by atoms with van der Waals surface area (Å²) < 4.78 is 6.63. The first-order chi connectivity index (χ1) is 6.86. The summed E-state index contributed by atoms with van der Waals surface area (Å²) in [4.78, 5) is 5.28. The lowest BCUT2D eigenvalue weighted by Gasteiger charge is -2.09. The average molecular weight is 274 g/mol. The molecule has 0 amide bonds. The average Bonchev–Trinajstić information content (AvgIpc) is 2.69. The highest BCUT2D eigenvalue weighted by molar-refractivity contribution is 9.10. The molecule has 2 nitrogen and oxygen atoms in total. The number of hydrogen-bond acceptors (Lipinski definition) is 3. The predicted octanol–water partition coefficient (Wildman–Crippen LogP) is 3.12. The van der Waals surface area contributed by atoms with E-state index >= 15 is 0 Å². The number of ether oxygens (including phenoxy) is 1. The summed E-state index contributed by atoms with van der Waals surface area (Å²) in [5.74, 6) is 1.04. The molecule has 0 aromatic carbocycles. The minimum absolute atomic E-state index is 0.445. The third kappa shape index (κ3) is 2.72. The van der Waals surface area contributed by atoms with Gasteiger partial charge in [0.05, 0.1) is 6.10 Å². The van der Waals surface area contributed by atoms with Gasteiger partial charge in [0.25, 0.3) is 0 Å². The molecule has 4 heteroatoms. The van der Waals surface area contributed by atoms with Crippen LogP contribution in [0.4, 0.5) is 0 Å². The van der Waals surface area contributed by atoms with E-state index in [1.54, 1.807) is 0 Å². The number of aromatic nitrogens is 1. The fourth-order valence-electron chi connectivity index (χ4n) is 1.44. The fourth-order valence-corrected chi connectivity index (χ4v) is 3.01. The van der Waals surface area contributed by atoms with Crippen molar-refractivity contribution in [3.8, 4) is 0 Å². The van der Waals surface area contributed by atoms with Gasteiger partial charge in [-0.25, -0.2) is 0 Å². The molecule has 1 atom stereocenters. The number of hydrogen-bond donors (Lipinski definition) is 0. The lowest BCUT2D eigenvalue weighted by molar-refractivity contribution is 0.129. The number of halogens is 1. The van der Waals surface area contributed by atoms with E-state index in [4.69, 9.17) is 4.74 Å².